The molecular formula is C9H12N2S. The second-order valence-electron chi connectivity index (χ2n) is 3.08. The van der Waals surface area contributed by atoms with Crippen molar-refractivity contribution in [3.05, 3.63) is 22.8 Å². The molecule has 0 spiro atoms. The Hall–Kier alpha value is -0.570. The molecule has 0 fully saturated rings. The van der Waals surface area contributed by atoms with E-state index >= 15 is 0 Å². The summed E-state index contributed by atoms with van der Waals surface area (Å²) < 4.78 is 0. The van der Waals surface area contributed by atoms with Crippen molar-refractivity contribution >= 4 is 11.8 Å². The van der Waals surface area contributed by atoms with Gasteiger partial charge < -0.3 is 0 Å². The molecule has 0 bridgehead atoms. The van der Waals surface area contributed by atoms with Crippen LogP contribution < -0.4 is 0 Å². The van der Waals surface area contributed by atoms with Crippen LogP contribution in [0.1, 0.15) is 22.8 Å². The molecule has 2 heterocycles. The lowest BCUT2D eigenvalue weighted by Crippen LogP contribution is -2.10. The van der Waals surface area contributed by atoms with Crippen molar-refractivity contribution in [1.82, 2.24) is 9.97 Å². The van der Waals surface area contributed by atoms with Crippen LogP contribution in [0, 0.1) is 13.8 Å². The zero-order chi connectivity index (χ0) is 8.55. The lowest BCUT2D eigenvalue weighted by atomic mass is 10.1. The van der Waals surface area contributed by atoms with Crippen LogP contribution in [-0.2, 0) is 12.2 Å². The molecular weight excluding hydrogens is 168 g/mol. The molecule has 1 aliphatic heterocycles. The van der Waals surface area contributed by atoms with Gasteiger partial charge in [0.25, 0.3) is 0 Å². The van der Waals surface area contributed by atoms with Gasteiger partial charge in [-0.05, 0) is 31.6 Å². The molecule has 0 amide bonds. The Morgan fingerprint density at radius 3 is 2.92 bits per heavy atom. The van der Waals surface area contributed by atoms with E-state index in [-0.39, 0.29) is 0 Å². The van der Waals surface area contributed by atoms with E-state index in [1.54, 1.807) is 0 Å². The van der Waals surface area contributed by atoms with Crippen LogP contribution in [0.3, 0.4) is 0 Å². The van der Waals surface area contributed by atoms with Crippen LogP contribution in [0.2, 0.25) is 0 Å². The smallest absolute Gasteiger partial charge is 0.125 e. The summed E-state index contributed by atoms with van der Waals surface area (Å²) in [5, 5.41) is 0. The molecule has 1 aromatic rings. The fourth-order valence-electron chi connectivity index (χ4n) is 1.59. The van der Waals surface area contributed by atoms with Crippen molar-refractivity contribution in [2.24, 2.45) is 0 Å². The van der Waals surface area contributed by atoms with Crippen LogP contribution >= 0.6 is 11.8 Å². The van der Waals surface area contributed by atoms with Crippen LogP contribution in [0.4, 0.5) is 0 Å². The van der Waals surface area contributed by atoms with E-state index in [4.69, 9.17) is 0 Å². The number of hydrogen-bond donors (Lipinski definition) is 0. The quantitative estimate of drug-likeness (QED) is 0.609. The predicted octanol–water partition coefficient (Wildman–Crippen LogP) is 1.88. The highest BCUT2D eigenvalue weighted by molar-refractivity contribution is 7.98. The van der Waals surface area contributed by atoms with Crippen molar-refractivity contribution in [2.45, 2.75) is 26.0 Å². The van der Waals surface area contributed by atoms with Gasteiger partial charge in [-0.1, -0.05) is 0 Å². The molecule has 1 aliphatic rings. The highest BCUT2D eigenvalue weighted by Crippen LogP contribution is 2.24. The van der Waals surface area contributed by atoms with E-state index in [2.05, 4.69) is 16.9 Å². The zero-order valence-corrected chi connectivity index (χ0v) is 8.24. The average molecular weight is 180 g/mol. The van der Waals surface area contributed by atoms with Gasteiger partial charge in [0.2, 0.25) is 0 Å². The minimum atomic E-state index is 0.911. The van der Waals surface area contributed by atoms with Crippen molar-refractivity contribution in [3.63, 3.8) is 0 Å². The van der Waals surface area contributed by atoms with Crippen molar-refractivity contribution in [3.8, 4) is 0 Å². The van der Waals surface area contributed by atoms with Crippen molar-refractivity contribution in [2.75, 3.05) is 5.75 Å². The highest BCUT2D eigenvalue weighted by Gasteiger charge is 2.13. The first kappa shape index (κ1) is 8.05. The first-order chi connectivity index (χ1) is 5.77. The molecule has 3 heteroatoms. The standard InChI is InChI=1S/C9H12N2S/c1-6-8-3-4-12-5-9(8)11-7(2)10-6/h3-5H2,1-2H3. The highest BCUT2D eigenvalue weighted by atomic mass is 32.2. The monoisotopic (exact) mass is 180 g/mol. The van der Waals surface area contributed by atoms with Crippen LogP contribution in [0.25, 0.3) is 0 Å². The Bertz CT molecular complexity index is 310. The number of thioether (sulfide) groups is 1. The molecule has 0 radical (unpaired) electrons. The van der Waals surface area contributed by atoms with Crippen LogP contribution in [0.5, 0.6) is 0 Å². The number of aromatic nitrogens is 2. The molecule has 0 saturated carbocycles. The average Bonchev–Trinajstić information content (AvgIpc) is 2.04. The largest absolute Gasteiger partial charge is 0.238 e. The summed E-state index contributed by atoms with van der Waals surface area (Å²) >= 11 is 1.96. The zero-order valence-electron chi connectivity index (χ0n) is 7.42. The fraction of sp³-hybridized carbons (Fsp3) is 0.556. The van der Waals surface area contributed by atoms with Gasteiger partial charge in [-0.25, -0.2) is 9.97 Å². The van der Waals surface area contributed by atoms with Gasteiger partial charge in [0.1, 0.15) is 5.82 Å². The molecule has 0 N–H and O–H groups in total. The molecule has 0 aromatic carbocycles. The second kappa shape index (κ2) is 3.05. The predicted molar refractivity (Wildman–Crippen MR) is 51.4 cm³/mol. The molecule has 0 unspecified atom stereocenters. The molecule has 64 valence electrons. The first-order valence-electron chi connectivity index (χ1n) is 4.18. The third kappa shape index (κ3) is 1.33. The van der Waals surface area contributed by atoms with Gasteiger partial charge in [0.15, 0.2) is 0 Å². The third-order valence-electron chi connectivity index (χ3n) is 2.15. The molecule has 2 rings (SSSR count). The Balaban J connectivity index is 2.53. The minimum Gasteiger partial charge on any atom is -0.238 e. The Morgan fingerprint density at radius 2 is 2.08 bits per heavy atom. The van der Waals surface area contributed by atoms with E-state index in [1.807, 2.05) is 18.7 Å². The molecule has 0 saturated heterocycles. The van der Waals surface area contributed by atoms with Gasteiger partial charge in [0.05, 0.1) is 5.69 Å². The number of rotatable bonds is 0. The van der Waals surface area contributed by atoms with E-state index in [0.29, 0.717) is 0 Å². The first-order valence-corrected chi connectivity index (χ1v) is 5.33. The SMILES string of the molecule is Cc1nc(C)c2c(n1)CSCC2. The van der Waals surface area contributed by atoms with Gasteiger partial charge in [0, 0.05) is 11.4 Å². The lowest BCUT2D eigenvalue weighted by molar-refractivity contribution is 0.896. The second-order valence-corrected chi connectivity index (χ2v) is 4.19. The summed E-state index contributed by atoms with van der Waals surface area (Å²) in [6.45, 7) is 4.05. The summed E-state index contributed by atoms with van der Waals surface area (Å²) in [5.41, 5.74) is 3.83. The Kier molecular flexibility index (Phi) is 2.05. The summed E-state index contributed by atoms with van der Waals surface area (Å²) in [7, 11) is 0. The van der Waals surface area contributed by atoms with Gasteiger partial charge >= 0.3 is 0 Å². The summed E-state index contributed by atoms with van der Waals surface area (Å²) in [5.74, 6) is 3.20. The van der Waals surface area contributed by atoms with E-state index in [0.717, 1.165) is 18.0 Å². The van der Waals surface area contributed by atoms with E-state index < -0.39 is 0 Å². The summed E-state index contributed by atoms with van der Waals surface area (Å²) in [4.78, 5) is 8.81. The molecule has 0 aliphatic carbocycles. The molecule has 2 nitrogen and oxygen atoms in total. The van der Waals surface area contributed by atoms with Crippen LogP contribution in [-0.4, -0.2) is 15.7 Å². The van der Waals surface area contributed by atoms with E-state index in [9.17, 15) is 0 Å². The molecule has 1 aromatic heterocycles. The normalized spacial score (nSPS) is 15.8. The Labute approximate surface area is 76.8 Å². The number of hydrogen-bond acceptors (Lipinski definition) is 3. The van der Waals surface area contributed by atoms with Gasteiger partial charge in [-0.15, -0.1) is 0 Å². The fourth-order valence-corrected chi connectivity index (χ4v) is 2.52. The third-order valence-corrected chi connectivity index (χ3v) is 3.12. The Morgan fingerprint density at radius 1 is 1.25 bits per heavy atom. The topological polar surface area (TPSA) is 25.8 Å². The van der Waals surface area contributed by atoms with Gasteiger partial charge in [-0.2, -0.15) is 11.8 Å². The minimum absolute atomic E-state index is 0.911. The van der Waals surface area contributed by atoms with Crippen molar-refractivity contribution < 1.29 is 0 Å². The van der Waals surface area contributed by atoms with Crippen molar-refractivity contribution in [1.29, 1.82) is 0 Å². The maximum Gasteiger partial charge on any atom is 0.125 e. The molecule has 0 atom stereocenters. The number of aryl methyl sites for hydroxylation is 2. The van der Waals surface area contributed by atoms with E-state index in [1.165, 1.54) is 22.7 Å². The van der Waals surface area contributed by atoms with Gasteiger partial charge in [-0.3, -0.25) is 0 Å². The summed E-state index contributed by atoms with van der Waals surface area (Å²) in [6.07, 6.45) is 1.14. The maximum atomic E-state index is 4.44. The lowest BCUT2D eigenvalue weighted by Gasteiger charge is -2.16. The van der Waals surface area contributed by atoms with Crippen LogP contribution in [0.15, 0.2) is 0 Å². The summed E-state index contributed by atoms with van der Waals surface area (Å²) in [6, 6.07) is 0. The maximum absolute atomic E-state index is 4.44. The number of fused-ring (bicyclic) bond motifs is 1. The number of nitrogens with zero attached hydrogens (tertiary/aromatic N) is 2. The molecule has 12 heavy (non-hydrogen) atoms.